The molecule has 94 valence electrons. The molecule has 0 aliphatic rings. The van der Waals surface area contributed by atoms with Gasteiger partial charge in [-0.3, -0.25) is 4.79 Å². The summed E-state index contributed by atoms with van der Waals surface area (Å²) in [5, 5.41) is 5.82. The summed E-state index contributed by atoms with van der Waals surface area (Å²) in [5.74, 6) is 0.630. The van der Waals surface area contributed by atoms with Crippen molar-refractivity contribution in [1.82, 2.24) is 5.32 Å². The Kier molecular flexibility index (Phi) is 5.93. The van der Waals surface area contributed by atoms with Crippen LogP contribution in [-0.2, 0) is 4.79 Å². The molecule has 4 heteroatoms. The van der Waals surface area contributed by atoms with Gasteiger partial charge in [0.05, 0.1) is 0 Å². The van der Waals surface area contributed by atoms with E-state index in [2.05, 4.69) is 17.6 Å². The van der Waals surface area contributed by atoms with Gasteiger partial charge in [0.25, 0.3) is 5.91 Å². The standard InChI is InChI=1S/C13H20N2O2/c1-3-4-9-15-13(16)10-17-12-7-5-11(14-2)6-8-12/h5-8,14H,3-4,9-10H2,1-2H3,(H,15,16). The van der Waals surface area contributed by atoms with Gasteiger partial charge in [0, 0.05) is 19.3 Å². The topological polar surface area (TPSA) is 50.4 Å². The molecule has 1 rings (SSSR count). The largest absolute Gasteiger partial charge is 0.484 e. The van der Waals surface area contributed by atoms with Crippen LogP contribution in [0, 0.1) is 0 Å². The molecule has 0 aromatic heterocycles. The number of unbranched alkanes of at least 4 members (excludes halogenated alkanes) is 1. The molecule has 4 nitrogen and oxygen atoms in total. The van der Waals surface area contributed by atoms with Gasteiger partial charge in [-0.2, -0.15) is 0 Å². The van der Waals surface area contributed by atoms with E-state index < -0.39 is 0 Å². The molecule has 0 saturated carbocycles. The number of hydrogen-bond donors (Lipinski definition) is 2. The molecule has 0 aliphatic heterocycles. The van der Waals surface area contributed by atoms with E-state index in [0.717, 1.165) is 25.1 Å². The van der Waals surface area contributed by atoms with E-state index in [-0.39, 0.29) is 12.5 Å². The molecular weight excluding hydrogens is 216 g/mol. The summed E-state index contributed by atoms with van der Waals surface area (Å²) in [6.45, 7) is 2.88. The van der Waals surface area contributed by atoms with Crippen LogP contribution in [0.4, 0.5) is 5.69 Å². The molecule has 0 bridgehead atoms. The van der Waals surface area contributed by atoms with Crippen LogP contribution in [0.5, 0.6) is 5.75 Å². The summed E-state index contributed by atoms with van der Waals surface area (Å²) < 4.78 is 5.36. The number of ether oxygens (including phenoxy) is 1. The van der Waals surface area contributed by atoms with Crippen LogP contribution in [-0.4, -0.2) is 26.1 Å². The highest BCUT2D eigenvalue weighted by atomic mass is 16.5. The third kappa shape index (κ3) is 5.24. The van der Waals surface area contributed by atoms with Crippen molar-refractivity contribution in [2.45, 2.75) is 19.8 Å². The fourth-order valence-electron chi connectivity index (χ4n) is 1.32. The monoisotopic (exact) mass is 236 g/mol. The zero-order valence-corrected chi connectivity index (χ0v) is 10.5. The van der Waals surface area contributed by atoms with Crippen molar-refractivity contribution in [3.8, 4) is 5.75 Å². The fraction of sp³-hybridized carbons (Fsp3) is 0.462. The van der Waals surface area contributed by atoms with Gasteiger partial charge in [0.2, 0.25) is 0 Å². The SMILES string of the molecule is CCCCNC(=O)COc1ccc(NC)cc1. The lowest BCUT2D eigenvalue weighted by molar-refractivity contribution is -0.123. The highest BCUT2D eigenvalue weighted by Gasteiger charge is 2.01. The second-order valence-electron chi connectivity index (χ2n) is 3.77. The van der Waals surface area contributed by atoms with Crippen LogP contribution in [0.2, 0.25) is 0 Å². The second kappa shape index (κ2) is 7.54. The van der Waals surface area contributed by atoms with Crippen LogP contribution in [0.3, 0.4) is 0 Å². The number of nitrogens with one attached hydrogen (secondary N) is 2. The minimum Gasteiger partial charge on any atom is -0.484 e. The molecule has 0 radical (unpaired) electrons. The molecule has 0 saturated heterocycles. The number of benzene rings is 1. The van der Waals surface area contributed by atoms with Crippen LogP contribution >= 0.6 is 0 Å². The Morgan fingerprint density at radius 1 is 1.29 bits per heavy atom. The Morgan fingerprint density at radius 2 is 2.00 bits per heavy atom. The first-order valence-electron chi connectivity index (χ1n) is 5.93. The zero-order chi connectivity index (χ0) is 12.5. The van der Waals surface area contributed by atoms with E-state index in [9.17, 15) is 4.79 Å². The summed E-state index contributed by atoms with van der Waals surface area (Å²) in [6, 6.07) is 7.49. The van der Waals surface area contributed by atoms with Crippen molar-refractivity contribution in [1.29, 1.82) is 0 Å². The molecule has 0 unspecified atom stereocenters. The van der Waals surface area contributed by atoms with Crippen molar-refractivity contribution in [2.75, 3.05) is 25.5 Å². The van der Waals surface area contributed by atoms with Gasteiger partial charge in [-0.05, 0) is 30.7 Å². The summed E-state index contributed by atoms with van der Waals surface area (Å²) in [6.07, 6.45) is 2.08. The molecule has 17 heavy (non-hydrogen) atoms. The maximum absolute atomic E-state index is 11.4. The quantitative estimate of drug-likeness (QED) is 0.712. The van der Waals surface area contributed by atoms with Crippen molar-refractivity contribution in [3.63, 3.8) is 0 Å². The lowest BCUT2D eigenvalue weighted by atomic mass is 10.3. The molecule has 1 aromatic carbocycles. The van der Waals surface area contributed by atoms with Crippen LogP contribution < -0.4 is 15.4 Å². The average molecular weight is 236 g/mol. The molecule has 1 amide bonds. The van der Waals surface area contributed by atoms with E-state index in [1.54, 1.807) is 0 Å². The molecular formula is C13H20N2O2. The predicted octanol–water partition coefficient (Wildman–Crippen LogP) is 2.02. The van der Waals surface area contributed by atoms with E-state index in [1.807, 2.05) is 31.3 Å². The molecule has 1 aromatic rings. The lowest BCUT2D eigenvalue weighted by Gasteiger charge is -2.07. The first-order valence-corrected chi connectivity index (χ1v) is 5.93. The summed E-state index contributed by atoms with van der Waals surface area (Å²) in [5.41, 5.74) is 1.02. The first kappa shape index (κ1) is 13.4. The zero-order valence-electron chi connectivity index (χ0n) is 10.5. The molecule has 2 N–H and O–H groups in total. The Labute approximate surface area is 102 Å². The van der Waals surface area contributed by atoms with Gasteiger partial charge in [-0.15, -0.1) is 0 Å². The van der Waals surface area contributed by atoms with E-state index in [4.69, 9.17) is 4.74 Å². The Balaban J connectivity index is 2.27. The number of anilines is 1. The van der Waals surface area contributed by atoms with Crippen molar-refractivity contribution < 1.29 is 9.53 Å². The fourth-order valence-corrected chi connectivity index (χ4v) is 1.32. The van der Waals surface area contributed by atoms with Crippen LogP contribution in [0.15, 0.2) is 24.3 Å². The van der Waals surface area contributed by atoms with E-state index in [0.29, 0.717) is 5.75 Å². The second-order valence-corrected chi connectivity index (χ2v) is 3.77. The predicted molar refractivity (Wildman–Crippen MR) is 69.4 cm³/mol. The Morgan fingerprint density at radius 3 is 2.59 bits per heavy atom. The van der Waals surface area contributed by atoms with Gasteiger partial charge in [-0.25, -0.2) is 0 Å². The summed E-state index contributed by atoms with van der Waals surface area (Å²) in [7, 11) is 1.86. The van der Waals surface area contributed by atoms with E-state index >= 15 is 0 Å². The first-order chi connectivity index (χ1) is 8.26. The van der Waals surface area contributed by atoms with Crippen LogP contribution in [0.25, 0.3) is 0 Å². The van der Waals surface area contributed by atoms with Gasteiger partial charge in [0.15, 0.2) is 6.61 Å². The van der Waals surface area contributed by atoms with Crippen molar-refractivity contribution in [3.05, 3.63) is 24.3 Å². The summed E-state index contributed by atoms with van der Waals surface area (Å²) >= 11 is 0. The maximum Gasteiger partial charge on any atom is 0.257 e. The van der Waals surface area contributed by atoms with Gasteiger partial charge >= 0.3 is 0 Å². The molecule has 0 fully saturated rings. The van der Waals surface area contributed by atoms with Gasteiger partial charge < -0.3 is 15.4 Å². The van der Waals surface area contributed by atoms with Gasteiger partial charge in [0.1, 0.15) is 5.75 Å². The van der Waals surface area contributed by atoms with Gasteiger partial charge in [-0.1, -0.05) is 13.3 Å². The number of hydrogen-bond acceptors (Lipinski definition) is 3. The molecule has 0 heterocycles. The normalized spacial score (nSPS) is 9.76. The Bertz CT molecular complexity index is 336. The summed E-state index contributed by atoms with van der Waals surface area (Å²) in [4.78, 5) is 11.4. The average Bonchev–Trinajstić information content (AvgIpc) is 2.37. The minimum absolute atomic E-state index is 0.0720. The number of carbonyl (C=O) groups is 1. The third-order valence-corrected chi connectivity index (χ3v) is 2.37. The highest BCUT2D eigenvalue weighted by molar-refractivity contribution is 5.77. The number of carbonyl (C=O) groups excluding carboxylic acids is 1. The van der Waals surface area contributed by atoms with Crippen molar-refractivity contribution in [2.24, 2.45) is 0 Å². The number of amides is 1. The van der Waals surface area contributed by atoms with Crippen molar-refractivity contribution >= 4 is 11.6 Å². The Hall–Kier alpha value is -1.71. The van der Waals surface area contributed by atoms with E-state index in [1.165, 1.54) is 0 Å². The minimum atomic E-state index is -0.0730. The number of rotatable bonds is 7. The third-order valence-electron chi connectivity index (χ3n) is 2.37. The molecule has 0 atom stereocenters. The highest BCUT2D eigenvalue weighted by Crippen LogP contribution is 2.14. The maximum atomic E-state index is 11.4. The smallest absolute Gasteiger partial charge is 0.257 e. The molecule has 0 spiro atoms. The lowest BCUT2D eigenvalue weighted by Crippen LogP contribution is -2.29. The molecule has 0 aliphatic carbocycles. The van der Waals surface area contributed by atoms with Crippen LogP contribution in [0.1, 0.15) is 19.8 Å².